The van der Waals surface area contributed by atoms with E-state index >= 15 is 0 Å². The number of aromatic nitrogens is 1. The van der Waals surface area contributed by atoms with Gasteiger partial charge in [0.05, 0.1) is 10.6 Å². The molecule has 1 unspecified atom stereocenters. The maximum Gasteiger partial charge on any atom is 0.407 e. The summed E-state index contributed by atoms with van der Waals surface area (Å²) in [6, 6.07) is 1.93. The lowest BCUT2D eigenvalue weighted by Crippen LogP contribution is -2.51. The fraction of sp³-hybridized carbons (Fsp3) is 0.588. The number of nitrogens with one attached hydrogen (secondary N) is 1. The highest BCUT2D eigenvalue weighted by atomic mass is 32.2. The van der Waals surface area contributed by atoms with Gasteiger partial charge in [-0.15, -0.1) is 0 Å². The molecular formula is C17H24N4O2S. The summed E-state index contributed by atoms with van der Waals surface area (Å²) in [5, 5.41) is 14.0. The number of thioether (sulfide) groups is 1. The molecule has 2 heterocycles. The quantitative estimate of drug-likeness (QED) is 0.666. The first-order valence-electron chi connectivity index (χ1n) is 8.03. The Morgan fingerprint density at radius 1 is 1.50 bits per heavy atom. The Hall–Kier alpha value is -1.94. The highest BCUT2D eigenvalue weighted by molar-refractivity contribution is 8.03. The van der Waals surface area contributed by atoms with Crippen molar-refractivity contribution < 1.29 is 9.53 Å². The highest BCUT2D eigenvalue weighted by Gasteiger charge is 2.28. The van der Waals surface area contributed by atoms with Crippen LogP contribution in [0.4, 0.5) is 10.5 Å². The van der Waals surface area contributed by atoms with E-state index in [4.69, 9.17) is 10.00 Å². The van der Waals surface area contributed by atoms with Gasteiger partial charge in [-0.1, -0.05) is 6.92 Å². The van der Waals surface area contributed by atoms with E-state index in [1.807, 2.05) is 26.8 Å². The predicted molar refractivity (Wildman–Crippen MR) is 94.9 cm³/mol. The number of rotatable bonds is 3. The first-order valence-corrected chi connectivity index (χ1v) is 8.84. The summed E-state index contributed by atoms with van der Waals surface area (Å²) in [5.41, 5.74) is 0.477. The number of alkyl carbamates (subject to hydrolysis) is 1. The third kappa shape index (κ3) is 5.31. The van der Waals surface area contributed by atoms with Gasteiger partial charge in [-0.05, 0) is 50.9 Å². The van der Waals surface area contributed by atoms with Crippen LogP contribution in [0.25, 0.3) is 0 Å². The van der Waals surface area contributed by atoms with Crippen molar-refractivity contribution in [1.82, 2.24) is 10.3 Å². The first-order chi connectivity index (χ1) is 11.3. The van der Waals surface area contributed by atoms with Crippen LogP contribution in [0.5, 0.6) is 0 Å². The Morgan fingerprint density at radius 2 is 2.25 bits per heavy atom. The van der Waals surface area contributed by atoms with Crippen LogP contribution < -0.4 is 10.2 Å². The lowest BCUT2D eigenvalue weighted by Gasteiger charge is -2.38. The fourth-order valence-corrected chi connectivity index (χ4v) is 3.40. The summed E-state index contributed by atoms with van der Waals surface area (Å²) in [5.74, 6) is 0.423. The van der Waals surface area contributed by atoms with Crippen LogP contribution in [0.15, 0.2) is 23.4 Å². The molecule has 1 fully saturated rings. The molecule has 7 heteroatoms. The normalized spacial score (nSPS) is 21.0. The second kappa shape index (κ2) is 7.75. The average molecular weight is 348 g/mol. The van der Waals surface area contributed by atoms with Crippen molar-refractivity contribution in [2.75, 3.05) is 18.0 Å². The van der Waals surface area contributed by atoms with E-state index in [2.05, 4.69) is 27.5 Å². The molecule has 2 rings (SSSR count). The van der Waals surface area contributed by atoms with Crippen molar-refractivity contribution >= 4 is 23.5 Å². The van der Waals surface area contributed by atoms with E-state index in [9.17, 15) is 4.79 Å². The zero-order chi connectivity index (χ0) is 17.7. The molecule has 0 aromatic carbocycles. The van der Waals surface area contributed by atoms with Crippen LogP contribution in [-0.2, 0) is 4.74 Å². The van der Waals surface area contributed by atoms with Gasteiger partial charge >= 0.3 is 6.09 Å². The topological polar surface area (TPSA) is 78.2 Å². The minimum Gasteiger partial charge on any atom is -0.444 e. The minimum atomic E-state index is -0.508. The maximum absolute atomic E-state index is 12.0. The summed E-state index contributed by atoms with van der Waals surface area (Å²) in [6.45, 7) is 9.29. The largest absolute Gasteiger partial charge is 0.444 e. The van der Waals surface area contributed by atoms with Crippen LogP contribution in [-0.4, -0.2) is 35.8 Å². The van der Waals surface area contributed by atoms with Crippen LogP contribution >= 0.6 is 11.8 Å². The Morgan fingerprint density at radius 3 is 2.92 bits per heavy atom. The molecule has 0 spiro atoms. The van der Waals surface area contributed by atoms with E-state index in [0.717, 1.165) is 35.3 Å². The molecule has 6 nitrogen and oxygen atoms in total. The number of piperidine rings is 1. The molecule has 24 heavy (non-hydrogen) atoms. The number of amides is 1. The molecule has 0 saturated carbocycles. The van der Waals surface area contributed by atoms with Gasteiger partial charge in [0.1, 0.15) is 11.0 Å². The van der Waals surface area contributed by atoms with Gasteiger partial charge in [-0.25, -0.2) is 4.79 Å². The summed E-state index contributed by atoms with van der Waals surface area (Å²) in [7, 11) is 0. The molecule has 1 aromatic rings. The lowest BCUT2D eigenvalue weighted by molar-refractivity contribution is 0.0495. The van der Waals surface area contributed by atoms with Crippen LogP contribution in [0.1, 0.15) is 34.1 Å². The molecule has 1 aliphatic heterocycles. The van der Waals surface area contributed by atoms with E-state index in [0.29, 0.717) is 12.5 Å². The molecule has 1 saturated heterocycles. The first kappa shape index (κ1) is 18.4. The van der Waals surface area contributed by atoms with E-state index < -0.39 is 5.60 Å². The average Bonchev–Trinajstić information content (AvgIpc) is 2.45. The smallest absolute Gasteiger partial charge is 0.407 e. The number of thiocyanates is 1. The van der Waals surface area contributed by atoms with Gasteiger partial charge in [0.15, 0.2) is 0 Å². The summed E-state index contributed by atoms with van der Waals surface area (Å²) < 4.78 is 5.35. The second-order valence-corrected chi connectivity index (χ2v) is 7.95. The summed E-state index contributed by atoms with van der Waals surface area (Å²) in [4.78, 5) is 19.2. The predicted octanol–water partition coefficient (Wildman–Crippen LogP) is 3.39. The van der Waals surface area contributed by atoms with E-state index in [1.54, 1.807) is 12.4 Å². The van der Waals surface area contributed by atoms with Crippen LogP contribution in [0.3, 0.4) is 0 Å². The fourth-order valence-electron chi connectivity index (χ4n) is 2.89. The molecule has 1 aliphatic rings. The molecule has 0 aliphatic carbocycles. The number of hydrogen-bond donors (Lipinski definition) is 1. The molecule has 1 N–H and O–H groups in total. The lowest BCUT2D eigenvalue weighted by atomic mass is 9.95. The maximum atomic E-state index is 12.0. The SMILES string of the molecule is C[C@H]1CC(NC(=O)OC(C)(C)C)CN(c2ccncc2SC#N)C1. The number of ether oxygens (including phenoxy) is 1. The molecule has 0 bridgehead atoms. The van der Waals surface area contributed by atoms with Gasteiger partial charge in [0.2, 0.25) is 0 Å². The summed E-state index contributed by atoms with van der Waals surface area (Å²) >= 11 is 1.11. The molecule has 0 radical (unpaired) electrons. The van der Waals surface area contributed by atoms with Crippen molar-refractivity contribution in [2.24, 2.45) is 5.92 Å². The van der Waals surface area contributed by atoms with Crippen molar-refractivity contribution in [1.29, 1.82) is 5.26 Å². The number of carbonyl (C=O) groups excluding carboxylic acids is 1. The molecule has 130 valence electrons. The molecular weight excluding hydrogens is 324 g/mol. The zero-order valence-electron chi connectivity index (χ0n) is 14.6. The van der Waals surface area contributed by atoms with Crippen molar-refractivity contribution in [3.05, 3.63) is 18.5 Å². The Bertz CT molecular complexity index is 624. The van der Waals surface area contributed by atoms with Crippen molar-refractivity contribution in [3.8, 4) is 5.40 Å². The number of pyridine rings is 1. The van der Waals surface area contributed by atoms with Gasteiger partial charge in [-0.3, -0.25) is 4.98 Å². The highest BCUT2D eigenvalue weighted by Crippen LogP contribution is 2.31. The van der Waals surface area contributed by atoms with Gasteiger partial charge < -0.3 is 15.0 Å². The standard InChI is InChI=1S/C17H24N4O2S/c1-12-7-13(20-16(22)23-17(2,3)4)10-21(9-12)14-5-6-19-8-15(14)24-11-18/h5-6,8,12-13H,7,9-10H2,1-4H3,(H,20,22)/t12-,13?/m0/s1. The third-order valence-electron chi connectivity index (χ3n) is 3.64. The van der Waals surface area contributed by atoms with E-state index in [1.165, 1.54) is 0 Å². The van der Waals surface area contributed by atoms with Gasteiger partial charge in [0, 0.05) is 31.5 Å². The molecule has 1 aromatic heterocycles. The van der Waals surface area contributed by atoms with Crippen molar-refractivity contribution in [3.63, 3.8) is 0 Å². The molecule has 2 atom stereocenters. The number of nitrogens with zero attached hydrogens (tertiary/aromatic N) is 3. The third-order valence-corrected chi connectivity index (χ3v) is 4.27. The van der Waals surface area contributed by atoms with Gasteiger partial charge in [-0.2, -0.15) is 5.26 Å². The molecule has 1 amide bonds. The zero-order valence-corrected chi connectivity index (χ0v) is 15.4. The summed E-state index contributed by atoms with van der Waals surface area (Å²) in [6.07, 6.45) is 3.95. The van der Waals surface area contributed by atoms with Crippen LogP contribution in [0.2, 0.25) is 0 Å². The number of hydrogen-bond acceptors (Lipinski definition) is 6. The Balaban J connectivity index is 2.08. The van der Waals surface area contributed by atoms with Crippen LogP contribution in [0, 0.1) is 16.6 Å². The van der Waals surface area contributed by atoms with E-state index in [-0.39, 0.29) is 12.1 Å². The monoisotopic (exact) mass is 348 g/mol. The second-order valence-electron chi connectivity index (χ2n) is 7.13. The van der Waals surface area contributed by atoms with Crippen molar-refractivity contribution in [2.45, 2.75) is 50.7 Å². The number of anilines is 1. The Kier molecular flexibility index (Phi) is 5.94. The minimum absolute atomic E-state index is 0.0108. The Labute approximate surface area is 147 Å². The van der Waals surface area contributed by atoms with Gasteiger partial charge in [0.25, 0.3) is 0 Å². The number of carbonyl (C=O) groups is 1. The number of nitriles is 1.